The fraction of sp³-hybridized carbons (Fsp3) is 0.357. The molecule has 0 saturated carbocycles. The van der Waals surface area contributed by atoms with Crippen molar-refractivity contribution in [3.05, 3.63) is 40.2 Å². The second-order valence-corrected chi connectivity index (χ2v) is 5.76. The lowest BCUT2D eigenvalue weighted by Gasteiger charge is -2.14. The van der Waals surface area contributed by atoms with Crippen LogP contribution >= 0.6 is 11.3 Å². The van der Waals surface area contributed by atoms with Gasteiger partial charge in [-0.1, -0.05) is 12.1 Å². The van der Waals surface area contributed by atoms with Gasteiger partial charge in [-0.2, -0.15) is 0 Å². The average molecular weight is 263 g/mol. The Bertz CT molecular complexity index is 593. The van der Waals surface area contributed by atoms with Crippen LogP contribution in [-0.4, -0.2) is 10.1 Å². The summed E-state index contributed by atoms with van der Waals surface area (Å²) in [6.07, 6.45) is 2.20. The van der Waals surface area contributed by atoms with Gasteiger partial charge in [0, 0.05) is 10.4 Å². The quantitative estimate of drug-likeness (QED) is 0.852. The minimum atomic E-state index is -0.480. The number of thiazole rings is 1. The number of fused-ring (bicyclic) bond motifs is 1. The number of nitrogens with zero attached hydrogens (tertiary/aromatic N) is 1. The van der Waals surface area contributed by atoms with Crippen LogP contribution in [-0.2, 0) is 6.42 Å². The van der Waals surface area contributed by atoms with E-state index in [2.05, 4.69) is 4.98 Å². The van der Waals surface area contributed by atoms with Crippen molar-refractivity contribution in [3.8, 4) is 10.6 Å². The van der Waals surface area contributed by atoms with Gasteiger partial charge >= 0.3 is 0 Å². The molecule has 0 amide bonds. The van der Waals surface area contributed by atoms with Gasteiger partial charge in [0.05, 0.1) is 11.8 Å². The summed E-state index contributed by atoms with van der Waals surface area (Å²) in [6, 6.07) is 5.34. The second kappa shape index (κ2) is 4.44. The van der Waals surface area contributed by atoms with Gasteiger partial charge < -0.3 is 5.11 Å². The van der Waals surface area contributed by atoms with Gasteiger partial charge in [-0.3, -0.25) is 0 Å². The summed E-state index contributed by atoms with van der Waals surface area (Å²) < 4.78 is 14.1. The number of rotatable bonds is 1. The summed E-state index contributed by atoms with van der Waals surface area (Å²) in [5.41, 5.74) is 1.92. The number of aromatic nitrogens is 1. The van der Waals surface area contributed by atoms with Gasteiger partial charge in [0.25, 0.3) is 0 Å². The molecule has 94 valence electrons. The highest BCUT2D eigenvalue weighted by Crippen LogP contribution is 2.37. The van der Waals surface area contributed by atoms with E-state index in [4.69, 9.17) is 0 Å². The van der Waals surface area contributed by atoms with Crippen LogP contribution in [0.3, 0.4) is 0 Å². The topological polar surface area (TPSA) is 33.1 Å². The number of aliphatic hydroxyl groups excluding tert-OH is 1. The first kappa shape index (κ1) is 11.8. The molecule has 1 unspecified atom stereocenters. The predicted molar refractivity (Wildman–Crippen MR) is 70.1 cm³/mol. The summed E-state index contributed by atoms with van der Waals surface area (Å²) >= 11 is 1.50. The Morgan fingerprint density at radius 3 is 3.06 bits per heavy atom. The summed E-state index contributed by atoms with van der Waals surface area (Å²) in [7, 11) is 0. The molecule has 0 fully saturated rings. The van der Waals surface area contributed by atoms with E-state index < -0.39 is 6.10 Å². The van der Waals surface area contributed by atoms with Gasteiger partial charge in [0.2, 0.25) is 0 Å². The zero-order valence-corrected chi connectivity index (χ0v) is 10.9. The standard InChI is InChI=1S/C14H14FNOS/c1-8-4-2-5-9(12(8)15)14-16-13-10(17)6-3-7-11(13)18-14/h2,4-5,10,17H,3,6-7H2,1H3. The number of hydrogen-bond donors (Lipinski definition) is 1. The van der Waals surface area contributed by atoms with Crippen molar-refractivity contribution < 1.29 is 9.50 Å². The molecule has 0 aliphatic heterocycles. The first-order chi connectivity index (χ1) is 8.66. The molecular weight excluding hydrogens is 249 g/mol. The van der Waals surface area contributed by atoms with Crippen molar-refractivity contribution >= 4 is 11.3 Å². The fourth-order valence-electron chi connectivity index (χ4n) is 2.32. The van der Waals surface area contributed by atoms with Crippen molar-refractivity contribution in [1.82, 2.24) is 4.98 Å². The number of aryl methyl sites for hydroxylation is 2. The summed E-state index contributed by atoms with van der Waals surface area (Å²) in [5.74, 6) is -0.210. The Kier molecular flexibility index (Phi) is 2.92. The Morgan fingerprint density at radius 1 is 1.44 bits per heavy atom. The highest BCUT2D eigenvalue weighted by Gasteiger charge is 2.24. The smallest absolute Gasteiger partial charge is 0.136 e. The normalized spacial score (nSPS) is 18.7. The van der Waals surface area contributed by atoms with E-state index in [1.165, 1.54) is 11.3 Å². The Hall–Kier alpha value is -1.26. The molecule has 1 atom stereocenters. The fourth-order valence-corrected chi connectivity index (χ4v) is 3.50. The zero-order valence-electron chi connectivity index (χ0n) is 10.1. The van der Waals surface area contributed by atoms with Gasteiger partial charge in [-0.15, -0.1) is 11.3 Å². The van der Waals surface area contributed by atoms with Crippen LogP contribution in [0.2, 0.25) is 0 Å². The monoisotopic (exact) mass is 263 g/mol. The first-order valence-corrected chi connectivity index (χ1v) is 6.91. The third kappa shape index (κ3) is 1.85. The minimum absolute atomic E-state index is 0.210. The molecule has 2 aromatic rings. The van der Waals surface area contributed by atoms with Crippen LogP contribution in [0.1, 0.15) is 35.1 Å². The molecule has 4 heteroatoms. The number of hydrogen-bond acceptors (Lipinski definition) is 3. The molecule has 3 rings (SSSR count). The number of aliphatic hydroxyl groups is 1. The molecule has 0 saturated heterocycles. The maximum absolute atomic E-state index is 14.1. The molecule has 1 aliphatic carbocycles. The molecule has 2 nitrogen and oxygen atoms in total. The van der Waals surface area contributed by atoms with Gasteiger partial charge in [0.15, 0.2) is 0 Å². The van der Waals surface area contributed by atoms with Crippen LogP contribution in [0.15, 0.2) is 18.2 Å². The summed E-state index contributed by atoms with van der Waals surface area (Å²) in [6.45, 7) is 1.75. The zero-order chi connectivity index (χ0) is 12.7. The Labute approximate surface area is 109 Å². The predicted octanol–water partition coefficient (Wildman–Crippen LogP) is 3.63. The van der Waals surface area contributed by atoms with Crippen molar-refractivity contribution in [1.29, 1.82) is 0 Å². The summed E-state index contributed by atoms with van der Waals surface area (Å²) in [4.78, 5) is 5.53. The van der Waals surface area contributed by atoms with Gasteiger partial charge in [-0.05, 0) is 37.8 Å². The highest BCUT2D eigenvalue weighted by atomic mass is 32.1. The number of benzene rings is 1. The molecule has 1 heterocycles. The van der Waals surface area contributed by atoms with Gasteiger partial charge in [-0.25, -0.2) is 9.37 Å². The van der Waals surface area contributed by atoms with E-state index in [-0.39, 0.29) is 5.82 Å². The van der Waals surface area contributed by atoms with Crippen molar-refractivity contribution in [3.63, 3.8) is 0 Å². The maximum Gasteiger partial charge on any atom is 0.136 e. The second-order valence-electron chi connectivity index (χ2n) is 4.67. The maximum atomic E-state index is 14.1. The molecule has 1 aromatic heterocycles. The molecule has 0 bridgehead atoms. The minimum Gasteiger partial charge on any atom is -0.387 e. The van der Waals surface area contributed by atoms with Gasteiger partial charge in [0.1, 0.15) is 10.8 Å². The molecule has 18 heavy (non-hydrogen) atoms. The van der Waals surface area contributed by atoms with Crippen LogP contribution < -0.4 is 0 Å². The summed E-state index contributed by atoms with van der Waals surface area (Å²) in [5, 5.41) is 10.6. The van der Waals surface area contributed by atoms with E-state index in [9.17, 15) is 9.50 Å². The largest absolute Gasteiger partial charge is 0.387 e. The van der Waals surface area contributed by atoms with Crippen LogP contribution in [0, 0.1) is 12.7 Å². The van der Waals surface area contributed by atoms with E-state index in [0.29, 0.717) is 16.1 Å². The molecule has 1 aromatic carbocycles. The van der Waals surface area contributed by atoms with Crippen molar-refractivity contribution in [2.75, 3.05) is 0 Å². The molecule has 0 spiro atoms. The van der Waals surface area contributed by atoms with Crippen molar-refractivity contribution in [2.45, 2.75) is 32.3 Å². The van der Waals surface area contributed by atoms with Crippen molar-refractivity contribution in [2.24, 2.45) is 0 Å². The molecule has 0 radical (unpaired) electrons. The molecule has 1 N–H and O–H groups in total. The third-order valence-corrected chi connectivity index (χ3v) is 4.51. The lowest BCUT2D eigenvalue weighted by atomic mass is 10.0. The highest BCUT2D eigenvalue weighted by molar-refractivity contribution is 7.15. The third-order valence-electron chi connectivity index (χ3n) is 3.35. The lowest BCUT2D eigenvalue weighted by Crippen LogP contribution is -2.07. The van der Waals surface area contributed by atoms with E-state index in [1.807, 2.05) is 6.07 Å². The van der Waals surface area contributed by atoms with Crippen LogP contribution in [0.4, 0.5) is 4.39 Å². The van der Waals surface area contributed by atoms with Crippen LogP contribution in [0.25, 0.3) is 10.6 Å². The SMILES string of the molecule is Cc1cccc(-c2nc3c(s2)CCCC3O)c1F. The number of halogens is 1. The van der Waals surface area contributed by atoms with E-state index in [1.54, 1.807) is 19.1 Å². The van der Waals surface area contributed by atoms with Crippen LogP contribution in [0.5, 0.6) is 0 Å². The Morgan fingerprint density at radius 2 is 2.28 bits per heavy atom. The average Bonchev–Trinajstić information content (AvgIpc) is 2.78. The first-order valence-electron chi connectivity index (χ1n) is 6.10. The Balaban J connectivity index is 2.10. The van der Waals surface area contributed by atoms with E-state index in [0.717, 1.165) is 29.8 Å². The molecule has 1 aliphatic rings. The van der Waals surface area contributed by atoms with E-state index >= 15 is 0 Å². The lowest BCUT2D eigenvalue weighted by molar-refractivity contribution is 0.153. The molecular formula is C14H14FNOS.